The molecule has 6 heteroatoms. The second-order valence-corrected chi connectivity index (χ2v) is 6.40. The first-order valence-corrected chi connectivity index (χ1v) is 7.92. The fraction of sp³-hybridized carbons (Fsp3) is 0.533. The minimum Gasteiger partial charge on any atom is -0.330 e. The van der Waals surface area contributed by atoms with E-state index in [1.807, 2.05) is 7.05 Å². The van der Waals surface area contributed by atoms with Crippen molar-refractivity contribution >= 4 is 34.8 Å². The van der Waals surface area contributed by atoms with Crippen molar-refractivity contribution in [3.05, 3.63) is 28.2 Å². The van der Waals surface area contributed by atoms with E-state index < -0.39 is 0 Å². The lowest BCUT2D eigenvalue weighted by Gasteiger charge is -2.28. The first-order valence-electron chi connectivity index (χ1n) is 7.16. The normalized spacial score (nSPS) is 21.8. The topological polar surface area (TPSA) is 58.4 Å². The van der Waals surface area contributed by atoms with Gasteiger partial charge in [0.15, 0.2) is 0 Å². The summed E-state index contributed by atoms with van der Waals surface area (Å²) in [5.74, 6) is 0.436. The van der Waals surface area contributed by atoms with Crippen LogP contribution in [0.3, 0.4) is 0 Å². The Balaban J connectivity index is 1.90. The molecule has 1 fully saturated rings. The molecule has 1 aliphatic carbocycles. The van der Waals surface area contributed by atoms with Crippen LogP contribution in [-0.4, -0.2) is 37.0 Å². The second-order valence-electron chi connectivity index (χ2n) is 5.59. The molecule has 116 valence electrons. The molecule has 0 aromatic heterocycles. The summed E-state index contributed by atoms with van der Waals surface area (Å²) in [4.78, 5) is 14.2. The fourth-order valence-corrected chi connectivity index (χ4v) is 3.29. The van der Waals surface area contributed by atoms with Crippen molar-refractivity contribution in [3.8, 4) is 0 Å². The number of halogens is 2. The summed E-state index contributed by atoms with van der Waals surface area (Å²) in [5, 5.41) is 3.75. The lowest BCUT2D eigenvalue weighted by atomic mass is 10.0. The van der Waals surface area contributed by atoms with E-state index in [9.17, 15) is 4.79 Å². The number of hydrogen-bond donors (Lipinski definition) is 2. The Hall–Kier alpha value is -0.810. The van der Waals surface area contributed by atoms with E-state index in [-0.39, 0.29) is 5.91 Å². The zero-order valence-electron chi connectivity index (χ0n) is 12.1. The summed E-state index contributed by atoms with van der Waals surface area (Å²) < 4.78 is 0. The minimum absolute atomic E-state index is 0.0569. The Kier molecular flexibility index (Phi) is 5.88. The van der Waals surface area contributed by atoms with Crippen LogP contribution < -0.4 is 11.1 Å². The summed E-state index contributed by atoms with van der Waals surface area (Å²) in [5.41, 5.74) is 6.45. The molecule has 2 rings (SSSR count). The maximum atomic E-state index is 12.1. The zero-order chi connectivity index (χ0) is 15.4. The number of hydrogen-bond acceptors (Lipinski definition) is 3. The van der Waals surface area contributed by atoms with Gasteiger partial charge in [-0.25, -0.2) is 0 Å². The highest BCUT2D eigenvalue weighted by atomic mass is 35.5. The predicted molar refractivity (Wildman–Crippen MR) is 87.9 cm³/mol. The number of carbonyl (C=O) groups is 1. The van der Waals surface area contributed by atoms with Crippen molar-refractivity contribution in [2.24, 2.45) is 11.7 Å². The Morgan fingerprint density at radius 3 is 2.81 bits per heavy atom. The molecule has 2 unspecified atom stereocenters. The van der Waals surface area contributed by atoms with E-state index in [1.165, 1.54) is 6.42 Å². The van der Waals surface area contributed by atoms with Crippen molar-refractivity contribution < 1.29 is 4.79 Å². The monoisotopic (exact) mass is 329 g/mol. The molecular formula is C15H21Cl2N3O. The van der Waals surface area contributed by atoms with Gasteiger partial charge in [0.2, 0.25) is 5.91 Å². The molecule has 1 aliphatic rings. The molecule has 1 saturated carbocycles. The van der Waals surface area contributed by atoms with Gasteiger partial charge in [-0.05, 0) is 50.6 Å². The Labute approximate surface area is 135 Å². The molecule has 1 amide bonds. The molecule has 0 heterocycles. The van der Waals surface area contributed by atoms with Crippen LogP contribution >= 0.6 is 23.2 Å². The van der Waals surface area contributed by atoms with Crippen molar-refractivity contribution in [2.75, 3.05) is 25.5 Å². The third-order valence-electron chi connectivity index (χ3n) is 4.08. The third-order valence-corrected chi connectivity index (χ3v) is 4.82. The van der Waals surface area contributed by atoms with E-state index in [0.717, 1.165) is 12.8 Å². The van der Waals surface area contributed by atoms with Gasteiger partial charge in [0.25, 0.3) is 0 Å². The lowest BCUT2D eigenvalue weighted by molar-refractivity contribution is -0.117. The molecule has 0 saturated heterocycles. The molecule has 1 aromatic carbocycles. The largest absolute Gasteiger partial charge is 0.330 e. The van der Waals surface area contributed by atoms with Gasteiger partial charge in [0.05, 0.1) is 16.6 Å². The number of anilines is 1. The first kappa shape index (κ1) is 16.6. The van der Waals surface area contributed by atoms with Crippen molar-refractivity contribution in [3.63, 3.8) is 0 Å². The quantitative estimate of drug-likeness (QED) is 0.873. The summed E-state index contributed by atoms with van der Waals surface area (Å²) in [7, 11) is 1.98. The van der Waals surface area contributed by atoms with Crippen molar-refractivity contribution in [2.45, 2.75) is 25.3 Å². The molecule has 0 radical (unpaired) electrons. The van der Waals surface area contributed by atoms with Crippen LogP contribution in [0.4, 0.5) is 5.69 Å². The van der Waals surface area contributed by atoms with Crippen LogP contribution in [0, 0.1) is 5.92 Å². The van der Waals surface area contributed by atoms with Gasteiger partial charge < -0.3 is 11.1 Å². The third kappa shape index (κ3) is 4.33. The summed E-state index contributed by atoms with van der Waals surface area (Å²) in [6.45, 7) is 1.03. The summed E-state index contributed by atoms with van der Waals surface area (Å²) >= 11 is 11.8. The standard InChI is InChI=1S/C15H21Cl2N3O/c1-20(14-4-2-3-10(14)8-18)9-15(21)19-11-5-6-12(16)13(17)7-11/h5-7,10,14H,2-4,8-9,18H2,1H3,(H,19,21). The smallest absolute Gasteiger partial charge is 0.238 e. The molecule has 2 atom stereocenters. The molecule has 21 heavy (non-hydrogen) atoms. The van der Waals surface area contributed by atoms with Gasteiger partial charge in [-0.1, -0.05) is 29.6 Å². The van der Waals surface area contributed by atoms with Gasteiger partial charge >= 0.3 is 0 Å². The van der Waals surface area contributed by atoms with Crippen LogP contribution in [0.5, 0.6) is 0 Å². The van der Waals surface area contributed by atoms with Gasteiger partial charge in [0, 0.05) is 11.7 Å². The number of benzene rings is 1. The first-order chi connectivity index (χ1) is 10.0. The molecule has 4 nitrogen and oxygen atoms in total. The van der Waals surface area contributed by atoms with Crippen LogP contribution in [0.1, 0.15) is 19.3 Å². The molecular weight excluding hydrogens is 309 g/mol. The molecule has 0 spiro atoms. The predicted octanol–water partition coefficient (Wildman–Crippen LogP) is 2.99. The number of nitrogens with zero attached hydrogens (tertiary/aromatic N) is 1. The fourth-order valence-electron chi connectivity index (χ4n) is 2.99. The number of nitrogens with one attached hydrogen (secondary N) is 1. The zero-order valence-corrected chi connectivity index (χ0v) is 13.6. The maximum Gasteiger partial charge on any atom is 0.238 e. The molecule has 0 bridgehead atoms. The van der Waals surface area contributed by atoms with Crippen molar-refractivity contribution in [1.82, 2.24) is 4.90 Å². The number of rotatable bonds is 5. The van der Waals surface area contributed by atoms with E-state index >= 15 is 0 Å². The highest BCUT2D eigenvalue weighted by molar-refractivity contribution is 6.42. The molecule has 0 aliphatic heterocycles. The van der Waals surface area contributed by atoms with Crippen molar-refractivity contribution in [1.29, 1.82) is 0 Å². The van der Waals surface area contributed by atoms with E-state index in [4.69, 9.17) is 28.9 Å². The molecule has 1 aromatic rings. The van der Waals surface area contributed by atoms with Gasteiger partial charge in [-0.2, -0.15) is 0 Å². The van der Waals surface area contributed by atoms with Crippen LogP contribution in [0.15, 0.2) is 18.2 Å². The number of amides is 1. The van der Waals surface area contributed by atoms with Crippen LogP contribution in [0.25, 0.3) is 0 Å². The molecule has 3 N–H and O–H groups in total. The Bertz CT molecular complexity index is 510. The highest BCUT2D eigenvalue weighted by Crippen LogP contribution is 2.28. The Morgan fingerprint density at radius 2 is 2.14 bits per heavy atom. The summed E-state index contributed by atoms with van der Waals surface area (Å²) in [6, 6.07) is 5.46. The minimum atomic E-state index is -0.0569. The van der Waals surface area contributed by atoms with E-state index in [2.05, 4.69) is 10.2 Å². The second kappa shape index (κ2) is 7.45. The number of likely N-dealkylation sites (N-methyl/N-ethyl adjacent to an activating group) is 1. The Morgan fingerprint density at radius 1 is 1.38 bits per heavy atom. The van der Waals surface area contributed by atoms with E-state index in [0.29, 0.717) is 40.8 Å². The maximum absolute atomic E-state index is 12.1. The van der Waals surface area contributed by atoms with Gasteiger partial charge in [-0.15, -0.1) is 0 Å². The lowest BCUT2D eigenvalue weighted by Crippen LogP contribution is -2.41. The van der Waals surface area contributed by atoms with Gasteiger partial charge in [0.1, 0.15) is 0 Å². The van der Waals surface area contributed by atoms with Gasteiger partial charge in [-0.3, -0.25) is 9.69 Å². The van der Waals surface area contributed by atoms with Crippen LogP contribution in [0.2, 0.25) is 10.0 Å². The average Bonchev–Trinajstić information content (AvgIpc) is 2.91. The van der Waals surface area contributed by atoms with Crippen LogP contribution in [-0.2, 0) is 4.79 Å². The SMILES string of the molecule is CN(CC(=O)Nc1ccc(Cl)c(Cl)c1)C1CCCC1CN. The highest BCUT2D eigenvalue weighted by Gasteiger charge is 2.29. The number of carbonyl (C=O) groups excluding carboxylic acids is 1. The van der Waals surface area contributed by atoms with E-state index in [1.54, 1.807) is 18.2 Å². The summed E-state index contributed by atoms with van der Waals surface area (Å²) in [6.07, 6.45) is 3.45. The average molecular weight is 330 g/mol. The number of nitrogens with two attached hydrogens (primary N) is 1.